The van der Waals surface area contributed by atoms with Gasteiger partial charge in [0.2, 0.25) is 0 Å². The summed E-state index contributed by atoms with van der Waals surface area (Å²) in [5, 5.41) is 12.8. The van der Waals surface area contributed by atoms with Gasteiger partial charge in [0, 0.05) is 15.3 Å². The lowest BCUT2D eigenvalue weighted by Crippen LogP contribution is -2.08. The van der Waals surface area contributed by atoms with Crippen molar-refractivity contribution < 1.29 is 5.11 Å². The largest absolute Gasteiger partial charge is 0.508 e. The van der Waals surface area contributed by atoms with Crippen LogP contribution in [0.1, 0.15) is 16.0 Å². The molecule has 0 saturated carbocycles. The first kappa shape index (κ1) is 11.0. The highest BCUT2D eigenvalue weighted by atomic mass is 32.2. The van der Waals surface area contributed by atoms with E-state index in [2.05, 4.69) is 41.8 Å². The van der Waals surface area contributed by atoms with Crippen LogP contribution in [-0.4, -0.2) is 10.4 Å². The zero-order chi connectivity index (χ0) is 13.3. The van der Waals surface area contributed by atoms with Crippen molar-refractivity contribution in [3.05, 3.63) is 69.1 Å². The van der Waals surface area contributed by atoms with Crippen molar-refractivity contribution in [2.24, 2.45) is 0 Å². The molecule has 5 rings (SSSR count). The number of thioether (sulfide) groups is 1. The molecule has 0 amide bonds. The normalized spacial score (nSPS) is 21.9. The second kappa shape index (κ2) is 3.68. The Morgan fingerprint density at radius 2 is 2.00 bits per heavy atom. The number of allylic oxidation sites excluding steroid dienone is 1. The van der Waals surface area contributed by atoms with Gasteiger partial charge in [-0.1, -0.05) is 24.3 Å². The van der Waals surface area contributed by atoms with E-state index in [4.69, 9.17) is 0 Å². The van der Waals surface area contributed by atoms with Crippen molar-refractivity contribution in [1.29, 1.82) is 0 Å². The molecule has 2 heterocycles. The number of aliphatic hydroxyl groups excluding tert-OH is 1. The number of fused-ring (bicyclic) bond motifs is 6. The molecule has 96 valence electrons. The summed E-state index contributed by atoms with van der Waals surface area (Å²) in [6.07, 6.45) is 4.10. The monoisotopic (exact) mass is 294 g/mol. The highest BCUT2D eigenvalue weighted by Crippen LogP contribution is 2.57. The Morgan fingerprint density at radius 1 is 1.10 bits per heavy atom. The van der Waals surface area contributed by atoms with E-state index in [0.717, 1.165) is 5.57 Å². The molecule has 3 heteroatoms. The molecule has 1 aromatic carbocycles. The van der Waals surface area contributed by atoms with Gasteiger partial charge in [-0.2, -0.15) is 0 Å². The number of aliphatic hydroxyl groups is 1. The van der Waals surface area contributed by atoms with Gasteiger partial charge < -0.3 is 5.11 Å². The molecule has 0 bridgehead atoms. The van der Waals surface area contributed by atoms with Gasteiger partial charge in [-0.25, -0.2) is 0 Å². The smallest absolute Gasteiger partial charge is 0.120 e. The Labute approximate surface area is 125 Å². The van der Waals surface area contributed by atoms with Gasteiger partial charge in [-0.15, -0.1) is 23.1 Å². The van der Waals surface area contributed by atoms with Crippen LogP contribution in [0.15, 0.2) is 58.0 Å². The number of benzene rings is 1. The number of rotatable bonds is 0. The minimum atomic E-state index is 0.260. The Kier molecular flexibility index (Phi) is 2.03. The van der Waals surface area contributed by atoms with Gasteiger partial charge >= 0.3 is 0 Å². The van der Waals surface area contributed by atoms with Crippen molar-refractivity contribution in [1.82, 2.24) is 0 Å². The summed E-state index contributed by atoms with van der Waals surface area (Å²) in [7, 11) is 0. The highest BCUT2D eigenvalue weighted by molar-refractivity contribution is 8.01. The van der Waals surface area contributed by atoms with Crippen LogP contribution in [0, 0.1) is 0 Å². The van der Waals surface area contributed by atoms with E-state index in [9.17, 15) is 5.11 Å². The second-order valence-corrected chi connectivity index (χ2v) is 7.24. The summed E-state index contributed by atoms with van der Waals surface area (Å²) >= 11 is 3.65. The summed E-state index contributed by atoms with van der Waals surface area (Å²) in [6.45, 7) is 0. The van der Waals surface area contributed by atoms with Gasteiger partial charge in [0.15, 0.2) is 0 Å². The van der Waals surface area contributed by atoms with Crippen molar-refractivity contribution in [2.45, 2.75) is 10.1 Å². The SMILES string of the molecule is OC1=CC2Sc3ccsc3C2=C2C1=Cc1ccccc12. The number of thiophene rings is 1. The molecular weight excluding hydrogens is 284 g/mol. The fourth-order valence-corrected chi connectivity index (χ4v) is 5.75. The molecule has 1 aliphatic heterocycles. The first-order chi connectivity index (χ1) is 9.83. The summed E-state index contributed by atoms with van der Waals surface area (Å²) in [4.78, 5) is 2.72. The topological polar surface area (TPSA) is 20.2 Å². The maximum Gasteiger partial charge on any atom is 0.120 e. The van der Waals surface area contributed by atoms with Crippen LogP contribution in [0.25, 0.3) is 17.2 Å². The average Bonchev–Trinajstić information content (AvgIpc) is 3.10. The maximum atomic E-state index is 10.4. The predicted molar refractivity (Wildman–Crippen MR) is 85.9 cm³/mol. The minimum absolute atomic E-state index is 0.260. The first-order valence-electron chi connectivity index (χ1n) is 6.54. The van der Waals surface area contributed by atoms with Crippen LogP contribution < -0.4 is 0 Å². The van der Waals surface area contributed by atoms with Gasteiger partial charge in [0.05, 0.1) is 5.25 Å². The van der Waals surface area contributed by atoms with E-state index in [1.165, 1.54) is 32.0 Å². The lowest BCUT2D eigenvalue weighted by atomic mass is 9.89. The molecule has 1 unspecified atom stereocenters. The molecule has 1 aromatic heterocycles. The van der Waals surface area contributed by atoms with Crippen LogP contribution in [0.5, 0.6) is 0 Å². The van der Waals surface area contributed by atoms with E-state index >= 15 is 0 Å². The fourth-order valence-electron chi connectivity index (χ4n) is 3.23. The molecule has 1 atom stereocenters. The Hall–Kier alpha value is -1.71. The van der Waals surface area contributed by atoms with Crippen LogP contribution in [0.4, 0.5) is 0 Å². The quantitative estimate of drug-likeness (QED) is 0.739. The third kappa shape index (κ3) is 1.25. The predicted octanol–water partition coefficient (Wildman–Crippen LogP) is 4.99. The maximum absolute atomic E-state index is 10.4. The van der Waals surface area contributed by atoms with E-state index in [1.54, 1.807) is 11.3 Å². The van der Waals surface area contributed by atoms with Gasteiger partial charge in [-0.3, -0.25) is 0 Å². The second-order valence-electron chi connectivity index (χ2n) is 5.14. The number of hydrogen-bond donors (Lipinski definition) is 1. The zero-order valence-electron chi connectivity index (χ0n) is 10.5. The molecule has 1 N–H and O–H groups in total. The van der Waals surface area contributed by atoms with Crippen LogP contribution >= 0.6 is 23.1 Å². The number of hydrogen-bond acceptors (Lipinski definition) is 3. The standard InChI is InChI=1S/C17H10OS2/c18-12-8-14-16(17-13(20-14)5-6-19-17)15-10-4-2-1-3-9(10)7-11(12)15/h1-8,14,18H. The van der Waals surface area contributed by atoms with Crippen LogP contribution in [-0.2, 0) is 0 Å². The lowest BCUT2D eigenvalue weighted by molar-refractivity contribution is 0.426. The third-order valence-corrected chi connectivity index (χ3v) is 6.36. The Balaban J connectivity index is 1.89. The van der Waals surface area contributed by atoms with Crippen LogP contribution in [0.2, 0.25) is 0 Å². The summed E-state index contributed by atoms with van der Waals surface area (Å²) in [5.41, 5.74) is 6.07. The summed E-state index contributed by atoms with van der Waals surface area (Å²) < 4.78 is 0. The summed E-state index contributed by atoms with van der Waals surface area (Å²) in [6, 6.07) is 10.6. The van der Waals surface area contributed by atoms with E-state index < -0.39 is 0 Å². The molecular formula is C17H10OS2. The molecule has 0 spiro atoms. The van der Waals surface area contributed by atoms with Crippen molar-refractivity contribution in [3.63, 3.8) is 0 Å². The van der Waals surface area contributed by atoms with Gasteiger partial charge in [0.1, 0.15) is 5.76 Å². The molecule has 2 aromatic rings. The molecule has 20 heavy (non-hydrogen) atoms. The van der Waals surface area contributed by atoms with Gasteiger partial charge in [-0.05, 0) is 45.9 Å². The zero-order valence-corrected chi connectivity index (χ0v) is 12.1. The lowest BCUT2D eigenvalue weighted by Gasteiger charge is -2.20. The Morgan fingerprint density at radius 3 is 2.95 bits per heavy atom. The van der Waals surface area contributed by atoms with E-state index in [0.29, 0.717) is 5.76 Å². The van der Waals surface area contributed by atoms with Crippen molar-refractivity contribution in [2.75, 3.05) is 0 Å². The minimum Gasteiger partial charge on any atom is -0.508 e. The molecule has 0 fully saturated rings. The molecule has 0 saturated heterocycles. The third-order valence-electron chi connectivity index (χ3n) is 4.07. The van der Waals surface area contributed by atoms with E-state index in [1.807, 2.05) is 17.8 Å². The highest BCUT2D eigenvalue weighted by Gasteiger charge is 2.38. The molecule has 3 aliphatic rings. The van der Waals surface area contributed by atoms with Crippen LogP contribution in [0.3, 0.4) is 0 Å². The average molecular weight is 294 g/mol. The van der Waals surface area contributed by atoms with E-state index in [-0.39, 0.29) is 5.25 Å². The Bertz CT molecular complexity index is 851. The first-order valence-corrected chi connectivity index (χ1v) is 8.30. The van der Waals surface area contributed by atoms with Crippen molar-refractivity contribution in [3.8, 4) is 0 Å². The molecule has 2 aliphatic carbocycles. The molecule has 0 radical (unpaired) electrons. The summed E-state index contributed by atoms with van der Waals surface area (Å²) in [5.74, 6) is 0.424. The molecule has 1 nitrogen and oxygen atoms in total. The van der Waals surface area contributed by atoms with Gasteiger partial charge in [0.25, 0.3) is 0 Å². The fraction of sp³-hybridized carbons (Fsp3) is 0.0588. The van der Waals surface area contributed by atoms with Crippen molar-refractivity contribution >= 4 is 40.3 Å².